The fourth-order valence-corrected chi connectivity index (χ4v) is 1.30. The summed E-state index contributed by atoms with van der Waals surface area (Å²) in [4.78, 5) is 0. The molecule has 0 spiro atoms. The van der Waals surface area contributed by atoms with Gasteiger partial charge in [-0.15, -0.1) is 0 Å². The molecule has 0 bridgehead atoms. The number of rotatable bonds is 1. The van der Waals surface area contributed by atoms with E-state index in [1.54, 1.807) is 6.08 Å². The van der Waals surface area contributed by atoms with Gasteiger partial charge in [-0.25, -0.2) is 0 Å². The summed E-state index contributed by atoms with van der Waals surface area (Å²) in [5, 5.41) is 0. The highest BCUT2D eigenvalue weighted by Gasteiger charge is 2.14. The van der Waals surface area contributed by atoms with Crippen LogP contribution in [0.4, 0.5) is 0 Å². The number of aryl methyl sites for hydroxylation is 1. The van der Waals surface area contributed by atoms with Crippen LogP contribution >= 0.6 is 0 Å². The maximum Gasteiger partial charge on any atom is 0.373 e. The van der Waals surface area contributed by atoms with E-state index in [2.05, 4.69) is 6.58 Å². The molecule has 0 saturated heterocycles. The maximum atomic E-state index is 5.49. The molecule has 0 fully saturated rings. The summed E-state index contributed by atoms with van der Waals surface area (Å²) in [6.45, 7) is 7.67. The molecule has 0 aliphatic rings. The Bertz CT molecular complexity index is 429. The summed E-state index contributed by atoms with van der Waals surface area (Å²) >= 11 is 0. The first-order valence-electron chi connectivity index (χ1n) is 4.83. The van der Waals surface area contributed by atoms with Gasteiger partial charge in [0.1, 0.15) is 7.05 Å². The summed E-state index contributed by atoms with van der Waals surface area (Å²) in [6, 6.07) is 7.91. The van der Waals surface area contributed by atoms with Gasteiger partial charge in [0, 0.05) is 12.1 Å². The molecule has 0 saturated carbocycles. The largest absolute Gasteiger partial charge is 0.398 e. The second kappa shape index (κ2) is 4.61. The Morgan fingerprint density at radius 2 is 1.93 bits per heavy atom. The molecule has 14 heavy (non-hydrogen) atoms. The van der Waals surface area contributed by atoms with Crippen LogP contribution in [0.3, 0.4) is 0 Å². The molecule has 0 aliphatic heterocycles. The smallest absolute Gasteiger partial charge is 0.373 e. The molecule has 74 valence electrons. The summed E-state index contributed by atoms with van der Waals surface area (Å²) < 4.78 is 7.47. The molecule has 0 amide bonds. The number of fused-ring (bicyclic) bond motifs is 1. The zero-order valence-electron chi connectivity index (χ0n) is 8.95. The number of nitrogens with zero attached hydrogens (tertiary/aromatic N) is 1. The molecule has 2 heteroatoms. The number of benzene rings is 1. The topological polar surface area (TPSA) is 17.0 Å². The van der Waals surface area contributed by atoms with E-state index in [-0.39, 0.29) is 0 Å². The Labute approximate surface area is 84.5 Å². The van der Waals surface area contributed by atoms with Crippen molar-refractivity contribution in [3.05, 3.63) is 36.7 Å². The highest BCUT2D eigenvalue weighted by atomic mass is 16.3. The van der Waals surface area contributed by atoms with Gasteiger partial charge in [-0.05, 0) is 6.07 Å². The van der Waals surface area contributed by atoms with Crippen LogP contribution in [-0.2, 0) is 7.05 Å². The van der Waals surface area contributed by atoms with Gasteiger partial charge in [-0.1, -0.05) is 32.6 Å². The minimum atomic E-state index is 0.788. The summed E-state index contributed by atoms with van der Waals surface area (Å²) in [7, 11) is 1.96. The van der Waals surface area contributed by atoms with Gasteiger partial charge in [0.25, 0.3) is 5.52 Å². The van der Waals surface area contributed by atoms with Gasteiger partial charge in [0.2, 0.25) is 5.58 Å². The van der Waals surface area contributed by atoms with Gasteiger partial charge in [-0.3, -0.25) is 0 Å². The first kappa shape index (κ1) is 10.5. The van der Waals surface area contributed by atoms with E-state index < -0.39 is 0 Å². The fraction of sp³-hybridized carbons (Fsp3) is 0.250. The molecule has 0 unspecified atom stereocenters. The van der Waals surface area contributed by atoms with E-state index >= 15 is 0 Å². The third-order valence-corrected chi connectivity index (χ3v) is 1.95. The van der Waals surface area contributed by atoms with Gasteiger partial charge >= 0.3 is 5.89 Å². The predicted molar refractivity (Wildman–Crippen MR) is 58.8 cm³/mol. The molecule has 2 nitrogen and oxygen atoms in total. The fourth-order valence-electron chi connectivity index (χ4n) is 1.30. The molecular formula is C12H16NO+. The monoisotopic (exact) mass is 190 g/mol. The van der Waals surface area contributed by atoms with Crippen molar-refractivity contribution >= 4 is 17.2 Å². The first-order valence-corrected chi connectivity index (χ1v) is 4.83. The lowest BCUT2D eigenvalue weighted by Gasteiger charge is -1.80. The van der Waals surface area contributed by atoms with E-state index in [9.17, 15) is 0 Å². The van der Waals surface area contributed by atoms with E-state index in [4.69, 9.17) is 4.42 Å². The Morgan fingerprint density at radius 1 is 1.29 bits per heavy atom. The first-order chi connectivity index (χ1) is 6.83. The third-order valence-electron chi connectivity index (χ3n) is 1.95. The van der Waals surface area contributed by atoms with Gasteiger partial charge in [0.15, 0.2) is 0 Å². The van der Waals surface area contributed by atoms with Crippen LogP contribution < -0.4 is 4.57 Å². The molecular weight excluding hydrogens is 174 g/mol. The highest BCUT2D eigenvalue weighted by Crippen LogP contribution is 2.12. The lowest BCUT2D eigenvalue weighted by molar-refractivity contribution is -0.652. The van der Waals surface area contributed by atoms with Crippen LogP contribution in [0, 0.1) is 0 Å². The molecule has 0 aliphatic carbocycles. The molecule has 0 radical (unpaired) electrons. The Hall–Kier alpha value is -1.57. The minimum Gasteiger partial charge on any atom is -0.398 e. The third kappa shape index (κ3) is 1.69. The highest BCUT2D eigenvalue weighted by molar-refractivity contribution is 5.69. The lowest BCUT2D eigenvalue weighted by Crippen LogP contribution is -2.28. The van der Waals surface area contributed by atoms with Crippen molar-refractivity contribution < 1.29 is 8.98 Å². The SMILES string of the molecule is C=Cc1oc2ccccc2[n+]1C.CC. The molecule has 2 rings (SSSR count). The zero-order chi connectivity index (χ0) is 10.6. The Kier molecular flexibility index (Phi) is 3.46. The number of hydrogen-bond acceptors (Lipinski definition) is 1. The van der Waals surface area contributed by atoms with Gasteiger partial charge in [0.05, 0.1) is 0 Å². The average molecular weight is 190 g/mol. The number of oxazole rings is 1. The summed E-state index contributed by atoms with van der Waals surface area (Å²) in [6.07, 6.45) is 1.71. The molecule has 0 atom stereocenters. The van der Waals surface area contributed by atoms with Crippen molar-refractivity contribution in [3.8, 4) is 0 Å². The number of hydrogen-bond donors (Lipinski definition) is 0. The number of aromatic nitrogens is 1. The van der Waals surface area contributed by atoms with Crippen LogP contribution in [0.15, 0.2) is 35.3 Å². The maximum absolute atomic E-state index is 5.49. The van der Waals surface area contributed by atoms with Crippen molar-refractivity contribution in [2.75, 3.05) is 0 Å². The second-order valence-corrected chi connectivity index (χ2v) is 2.67. The predicted octanol–water partition coefficient (Wildman–Crippen LogP) is 2.93. The molecule has 1 heterocycles. The average Bonchev–Trinajstić information content (AvgIpc) is 2.59. The van der Waals surface area contributed by atoms with Crippen molar-refractivity contribution in [2.24, 2.45) is 7.05 Å². The van der Waals surface area contributed by atoms with E-state index in [0.29, 0.717) is 0 Å². The summed E-state index contributed by atoms with van der Waals surface area (Å²) in [5.41, 5.74) is 1.99. The zero-order valence-corrected chi connectivity index (χ0v) is 8.95. The Balaban J connectivity index is 0.000000461. The van der Waals surface area contributed by atoms with Crippen molar-refractivity contribution in [2.45, 2.75) is 13.8 Å². The molecule has 1 aromatic carbocycles. The normalized spacial score (nSPS) is 9.36. The standard InChI is InChI=1S/C10H10NO.C2H6/c1-3-10-11(2)8-6-4-5-7-9(8)12-10;1-2/h3-7H,1H2,2H3;1-2H3/q+1;. The molecule has 2 aromatic rings. The molecule has 0 N–H and O–H groups in total. The second-order valence-electron chi connectivity index (χ2n) is 2.67. The van der Waals surface area contributed by atoms with Crippen molar-refractivity contribution in [1.29, 1.82) is 0 Å². The van der Waals surface area contributed by atoms with E-state index in [1.807, 2.05) is 49.7 Å². The Morgan fingerprint density at radius 3 is 2.50 bits per heavy atom. The van der Waals surface area contributed by atoms with Crippen LogP contribution in [0.25, 0.3) is 17.2 Å². The van der Waals surface area contributed by atoms with Gasteiger partial charge < -0.3 is 4.42 Å². The van der Waals surface area contributed by atoms with Gasteiger partial charge in [-0.2, -0.15) is 4.57 Å². The van der Waals surface area contributed by atoms with Crippen molar-refractivity contribution in [1.82, 2.24) is 0 Å². The van der Waals surface area contributed by atoms with E-state index in [0.717, 1.165) is 17.0 Å². The minimum absolute atomic E-state index is 0.788. The lowest BCUT2D eigenvalue weighted by atomic mass is 10.3. The van der Waals surface area contributed by atoms with Crippen LogP contribution in [0.5, 0.6) is 0 Å². The van der Waals surface area contributed by atoms with Crippen LogP contribution in [-0.4, -0.2) is 0 Å². The van der Waals surface area contributed by atoms with E-state index in [1.165, 1.54) is 0 Å². The van der Waals surface area contributed by atoms with Crippen LogP contribution in [0.1, 0.15) is 19.7 Å². The summed E-state index contributed by atoms with van der Waals surface area (Å²) in [5.74, 6) is 0.788. The number of para-hydroxylation sites is 2. The quantitative estimate of drug-likeness (QED) is 0.632. The molecule has 1 aromatic heterocycles. The van der Waals surface area contributed by atoms with Crippen molar-refractivity contribution in [3.63, 3.8) is 0 Å². The van der Waals surface area contributed by atoms with Crippen LogP contribution in [0.2, 0.25) is 0 Å².